The summed E-state index contributed by atoms with van der Waals surface area (Å²) in [5.41, 5.74) is 1.44. The molecule has 1 aliphatic heterocycles. The Morgan fingerprint density at radius 3 is 2.77 bits per heavy atom. The third-order valence-electron chi connectivity index (χ3n) is 4.00. The summed E-state index contributed by atoms with van der Waals surface area (Å²) in [4.78, 5) is 16.6. The molecule has 0 saturated heterocycles. The smallest absolute Gasteiger partial charge is 0.263 e. The van der Waals surface area contributed by atoms with Gasteiger partial charge < -0.3 is 5.32 Å². The van der Waals surface area contributed by atoms with Gasteiger partial charge in [0.15, 0.2) is 0 Å². The average Bonchev–Trinajstić information content (AvgIpc) is 2.86. The molecular weight excluding hydrogens is 374 g/mol. The van der Waals surface area contributed by atoms with Gasteiger partial charge in [-0.05, 0) is 36.8 Å². The minimum atomic E-state index is -3.56. The Hall–Kier alpha value is -2.38. The van der Waals surface area contributed by atoms with Crippen molar-refractivity contribution < 1.29 is 13.2 Å². The summed E-state index contributed by atoms with van der Waals surface area (Å²) in [7, 11) is -3.56. The molecule has 0 radical (unpaired) electrons. The number of benzene rings is 2. The summed E-state index contributed by atoms with van der Waals surface area (Å²) in [5, 5.41) is 3.49. The highest BCUT2D eigenvalue weighted by Gasteiger charge is 2.29. The zero-order valence-corrected chi connectivity index (χ0v) is 15.6. The van der Waals surface area contributed by atoms with Crippen LogP contribution in [0.15, 0.2) is 58.4 Å². The maximum atomic E-state index is 12.1. The lowest BCUT2D eigenvalue weighted by Crippen LogP contribution is -2.27. The maximum absolute atomic E-state index is 12.1. The number of sulfonamides is 1. The van der Waals surface area contributed by atoms with Gasteiger partial charge in [-0.3, -0.25) is 14.5 Å². The van der Waals surface area contributed by atoms with Gasteiger partial charge in [-0.2, -0.15) is 0 Å². The van der Waals surface area contributed by atoms with Crippen LogP contribution in [0.5, 0.6) is 0 Å². The van der Waals surface area contributed by atoms with E-state index < -0.39 is 10.0 Å². The van der Waals surface area contributed by atoms with Gasteiger partial charge in [0, 0.05) is 17.0 Å². The summed E-state index contributed by atoms with van der Waals surface area (Å²) in [6.45, 7) is 2.05. The number of aliphatic imine (C=N–C) groups is 1. The highest BCUT2D eigenvalue weighted by molar-refractivity contribution is 7.90. The van der Waals surface area contributed by atoms with E-state index in [2.05, 4.69) is 15.0 Å². The van der Waals surface area contributed by atoms with Crippen molar-refractivity contribution in [1.82, 2.24) is 10.0 Å². The van der Waals surface area contributed by atoms with Gasteiger partial charge in [0.2, 0.25) is 5.91 Å². The molecular formula is C18H18ClN3O3S. The zero-order valence-electron chi connectivity index (χ0n) is 14.1. The molecule has 0 aromatic heterocycles. The molecule has 0 saturated carbocycles. The summed E-state index contributed by atoms with van der Waals surface area (Å²) < 4.78 is 26.4. The highest BCUT2D eigenvalue weighted by Crippen LogP contribution is 2.22. The van der Waals surface area contributed by atoms with E-state index >= 15 is 0 Å². The van der Waals surface area contributed by atoms with Gasteiger partial charge >= 0.3 is 0 Å². The van der Waals surface area contributed by atoms with Crippen molar-refractivity contribution in [3.05, 3.63) is 64.7 Å². The second-order valence-electron chi connectivity index (χ2n) is 5.93. The first-order valence-electron chi connectivity index (χ1n) is 8.08. The number of halogens is 1. The van der Waals surface area contributed by atoms with Crippen molar-refractivity contribution in [3.8, 4) is 0 Å². The number of nitrogens with one attached hydrogen (secondary N) is 2. The van der Waals surface area contributed by atoms with Gasteiger partial charge in [-0.1, -0.05) is 35.9 Å². The molecule has 6 nitrogen and oxygen atoms in total. The summed E-state index contributed by atoms with van der Waals surface area (Å²) in [6, 6.07) is 13.7. The highest BCUT2D eigenvalue weighted by atomic mass is 35.5. The van der Waals surface area contributed by atoms with Crippen LogP contribution in [0.25, 0.3) is 0 Å². The van der Waals surface area contributed by atoms with E-state index in [4.69, 9.17) is 11.6 Å². The van der Waals surface area contributed by atoms with Crippen LogP contribution in [0, 0.1) is 0 Å². The van der Waals surface area contributed by atoms with E-state index in [1.54, 1.807) is 30.3 Å². The topological polar surface area (TPSA) is 87.6 Å². The molecule has 1 aliphatic rings. The monoisotopic (exact) mass is 391 g/mol. The first-order chi connectivity index (χ1) is 12.4. The van der Waals surface area contributed by atoms with Crippen LogP contribution in [-0.4, -0.2) is 26.7 Å². The maximum Gasteiger partial charge on any atom is 0.263 e. The molecule has 2 N–H and O–H groups in total. The fourth-order valence-corrected chi connectivity index (χ4v) is 4.14. The number of carbonyl (C=O) groups is 1. The summed E-state index contributed by atoms with van der Waals surface area (Å²) in [5.74, 6) is 0.104. The normalized spacial score (nSPS) is 17.4. The third kappa shape index (κ3) is 4.05. The molecule has 3 rings (SSSR count). The standard InChI is InChI=1S/C18H18ClN3O3S/c1-12(13-5-4-6-14(19)11-13)21-17(23)9-10-20-18-15-7-2-3-8-16(15)26(24,25)22-18/h2-8,11-12H,9-10H2,1H3,(H,20,22)(H,21,23)/t12-/m1/s1. The lowest BCUT2D eigenvalue weighted by Gasteiger charge is -2.14. The van der Waals surface area contributed by atoms with Crippen LogP contribution in [-0.2, 0) is 14.8 Å². The Bertz CT molecular complexity index is 973. The van der Waals surface area contributed by atoms with Crippen molar-refractivity contribution in [2.45, 2.75) is 24.3 Å². The van der Waals surface area contributed by atoms with Gasteiger partial charge in [0.1, 0.15) is 5.84 Å². The first kappa shape index (κ1) is 18.4. The Labute approximate surface area is 157 Å². The number of amides is 1. The molecule has 0 spiro atoms. The molecule has 2 aromatic rings. The van der Waals surface area contributed by atoms with E-state index in [1.165, 1.54) is 6.07 Å². The van der Waals surface area contributed by atoms with E-state index in [-0.39, 0.29) is 35.6 Å². The molecule has 8 heteroatoms. The Morgan fingerprint density at radius 1 is 1.23 bits per heavy atom. The molecule has 136 valence electrons. The number of hydrogen-bond acceptors (Lipinski definition) is 4. The predicted molar refractivity (Wildman–Crippen MR) is 101 cm³/mol. The van der Waals surface area contributed by atoms with E-state index in [9.17, 15) is 13.2 Å². The van der Waals surface area contributed by atoms with Gasteiger partial charge in [-0.15, -0.1) is 0 Å². The zero-order chi connectivity index (χ0) is 18.7. The van der Waals surface area contributed by atoms with E-state index in [0.29, 0.717) is 10.6 Å². The van der Waals surface area contributed by atoms with Crippen LogP contribution in [0.1, 0.15) is 30.5 Å². The lowest BCUT2D eigenvalue weighted by molar-refractivity contribution is -0.121. The fourth-order valence-electron chi connectivity index (χ4n) is 2.69. The third-order valence-corrected chi connectivity index (χ3v) is 5.63. The molecule has 0 unspecified atom stereocenters. The number of nitrogens with zero attached hydrogens (tertiary/aromatic N) is 1. The Balaban J connectivity index is 1.60. The molecule has 0 fully saturated rings. The molecule has 0 aliphatic carbocycles. The molecule has 0 bridgehead atoms. The van der Waals surface area contributed by atoms with Gasteiger partial charge in [0.25, 0.3) is 10.0 Å². The summed E-state index contributed by atoms with van der Waals surface area (Å²) >= 11 is 5.96. The van der Waals surface area contributed by atoms with Gasteiger partial charge in [0.05, 0.1) is 17.5 Å². The molecule has 26 heavy (non-hydrogen) atoms. The predicted octanol–water partition coefficient (Wildman–Crippen LogP) is 2.65. The second-order valence-corrected chi connectivity index (χ2v) is 8.01. The van der Waals surface area contributed by atoms with Crippen LogP contribution >= 0.6 is 11.6 Å². The Kier molecular flexibility index (Phi) is 5.29. The van der Waals surface area contributed by atoms with Crippen molar-refractivity contribution in [2.24, 2.45) is 4.99 Å². The molecule has 1 atom stereocenters. The quantitative estimate of drug-likeness (QED) is 0.821. The number of carbonyl (C=O) groups excluding carboxylic acids is 1. The molecule has 2 aromatic carbocycles. The van der Waals surface area contributed by atoms with E-state index in [0.717, 1.165) is 5.56 Å². The SMILES string of the molecule is C[C@@H](NC(=O)CCN=C1NS(=O)(=O)c2ccccc21)c1cccc(Cl)c1. The van der Waals surface area contributed by atoms with Crippen LogP contribution in [0.4, 0.5) is 0 Å². The molecule has 1 amide bonds. The van der Waals surface area contributed by atoms with Crippen molar-refractivity contribution >= 4 is 33.4 Å². The van der Waals surface area contributed by atoms with Crippen LogP contribution in [0.3, 0.4) is 0 Å². The number of rotatable bonds is 5. The number of fused-ring (bicyclic) bond motifs is 1. The number of amidine groups is 1. The first-order valence-corrected chi connectivity index (χ1v) is 9.94. The van der Waals surface area contributed by atoms with Gasteiger partial charge in [-0.25, -0.2) is 8.42 Å². The minimum absolute atomic E-state index is 0.151. The largest absolute Gasteiger partial charge is 0.350 e. The number of hydrogen-bond donors (Lipinski definition) is 2. The second kappa shape index (κ2) is 7.47. The van der Waals surface area contributed by atoms with Crippen molar-refractivity contribution in [2.75, 3.05) is 6.54 Å². The summed E-state index contributed by atoms with van der Waals surface area (Å²) in [6.07, 6.45) is 0.151. The van der Waals surface area contributed by atoms with Crippen LogP contribution in [0.2, 0.25) is 5.02 Å². The minimum Gasteiger partial charge on any atom is -0.350 e. The Morgan fingerprint density at radius 2 is 2.00 bits per heavy atom. The molecule has 1 heterocycles. The van der Waals surface area contributed by atoms with Crippen LogP contribution < -0.4 is 10.0 Å². The lowest BCUT2D eigenvalue weighted by atomic mass is 10.1. The fraction of sp³-hybridized carbons (Fsp3) is 0.222. The van der Waals surface area contributed by atoms with Crippen molar-refractivity contribution in [1.29, 1.82) is 0 Å². The van der Waals surface area contributed by atoms with E-state index in [1.807, 2.05) is 19.1 Å². The average molecular weight is 392 g/mol. The van der Waals surface area contributed by atoms with Crippen molar-refractivity contribution in [3.63, 3.8) is 0 Å².